The van der Waals surface area contributed by atoms with Gasteiger partial charge in [0.1, 0.15) is 0 Å². The largest absolute Gasteiger partial charge is 1.00 e. The van der Waals surface area contributed by atoms with Gasteiger partial charge in [-0.1, -0.05) is 0 Å². The predicted molar refractivity (Wildman–Crippen MR) is 18.2 cm³/mol. The van der Waals surface area contributed by atoms with E-state index >= 15 is 0 Å². The maximum atomic E-state index is 9.47. The van der Waals surface area contributed by atoms with E-state index in [4.69, 9.17) is 5.73 Å². The van der Waals surface area contributed by atoms with Gasteiger partial charge < -0.3 is 23.9 Å². The average Bonchev–Trinajstić information content (AvgIpc) is 1.38. The molecule has 0 atom stereocenters. The molecule has 0 heterocycles. The number of amides is 1. The van der Waals surface area contributed by atoms with Crippen LogP contribution >= 0.6 is 0 Å². The molecule has 1 amide bonds. The van der Waals surface area contributed by atoms with E-state index in [-0.39, 0.29) is 19.0 Å². The number of rotatable bonds is 1. The van der Waals surface area contributed by atoms with Crippen molar-refractivity contribution in [2.24, 2.45) is 11.5 Å². The second kappa shape index (κ2) is 4.72. The fraction of sp³-hybridized carbons (Fsp3) is 0.500. The Balaban J connectivity index is 0. The van der Waals surface area contributed by atoms with Gasteiger partial charge in [-0.05, 0) is 0 Å². The highest BCUT2D eigenvalue weighted by Gasteiger charge is 1.77. The van der Waals surface area contributed by atoms with Crippen molar-refractivity contribution in [1.29, 1.82) is 0 Å². The first kappa shape index (κ1) is 9.21. The molecule has 0 saturated heterocycles. The van der Waals surface area contributed by atoms with E-state index in [1.807, 2.05) is 0 Å². The van der Waals surface area contributed by atoms with Gasteiger partial charge in [0, 0.05) is 0 Å². The summed E-state index contributed by atoms with van der Waals surface area (Å²) in [5.41, 5.74) is 9.22. The summed E-state index contributed by atoms with van der Waals surface area (Å²) in [5, 5.41) is 0. The van der Waals surface area contributed by atoms with Gasteiger partial charge in [-0.2, -0.15) is 0 Å². The lowest BCUT2D eigenvalue weighted by Crippen LogP contribution is -3.00. The smallest absolute Gasteiger partial charge is 0.231 e. The molecule has 0 aliphatic rings. The first-order valence-corrected chi connectivity index (χ1v) is 1.25. The Kier molecular flexibility index (Phi) is 7.24. The summed E-state index contributed by atoms with van der Waals surface area (Å²) in [6.45, 7) is -0.0556. The van der Waals surface area contributed by atoms with Crippen LogP contribution in [-0.2, 0) is 4.79 Å². The Morgan fingerprint density at radius 2 is 1.83 bits per heavy atom. The van der Waals surface area contributed by atoms with E-state index in [1.165, 1.54) is 0 Å². The third-order valence-corrected chi connectivity index (χ3v) is 0.201. The van der Waals surface area contributed by atoms with Crippen LogP contribution < -0.4 is 23.9 Å². The lowest BCUT2D eigenvalue weighted by molar-refractivity contribution is -0.116. The summed E-state index contributed by atoms with van der Waals surface area (Å²) in [6.07, 6.45) is 0. The lowest BCUT2D eigenvalue weighted by atomic mass is 10.7. The summed E-state index contributed by atoms with van der Waals surface area (Å²) >= 11 is 0. The molecular formula is C2H6ClN2O-. The summed E-state index contributed by atoms with van der Waals surface area (Å²) < 4.78 is 0. The molecular weight excluding hydrogens is 103 g/mol. The van der Waals surface area contributed by atoms with Crippen molar-refractivity contribution < 1.29 is 17.2 Å². The van der Waals surface area contributed by atoms with Crippen molar-refractivity contribution in [3.8, 4) is 0 Å². The molecule has 0 aromatic heterocycles. The van der Waals surface area contributed by atoms with E-state index in [9.17, 15) is 4.79 Å². The summed E-state index contributed by atoms with van der Waals surface area (Å²) in [6, 6.07) is 0. The Morgan fingerprint density at radius 3 is 1.83 bits per heavy atom. The van der Waals surface area contributed by atoms with Gasteiger partial charge in [0.15, 0.2) is 0 Å². The van der Waals surface area contributed by atoms with Crippen molar-refractivity contribution in [2.45, 2.75) is 0 Å². The van der Waals surface area contributed by atoms with Crippen LogP contribution in [0.25, 0.3) is 0 Å². The summed E-state index contributed by atoms with van der Waals surface area (Å²) in [7, 11) is 0. The number of primary amides is 1. The van der Waals surface area contributed by atoms with Crippen molar-refractivity contribution in [1.82, 2.24) is 0 Å². The van der Waals surface area contributed by atoms with Crippen molar-refractivity contribution in [3.63, 3.8) is 0 Å². The van der Waals surface area contributed by atoms with E-state index in [2.05, 4.69) is 5.73 Å². The fourth-order valence-electron chi connectivity index (χ4n) is 0. The molecule has 0 fully saturated rings. The van der Waals surface area contributed by atoms with Crippen LogP contribution in [0.5, 0.6) is 0 Å². The third kappa shape index (κ3) is 9.30. The van der Waals surface area contributed by atoms with E-state index < -0.39 is 5.91 Å². The van der Waals surface area contributed by atoms with Crippen LogP contribution in [0.3, 0.4) is 0 Å². The lowest BCUT2D eigenvalue weighted by Gasteiger charge is -1.74. The highest BCUT2D eigenvalue weighted by Crippen LogP contribution is 1.36. The van der Waals surface area contributed by atoms with Crippen molar-refractivity contribution >= 4 is 5.91 Å². The normalized spacial score (nSPS) is 6.17. The second-order valence-electron chi connectivity index (χ2n) is 0.670. The topological polar surface area (TPSA) is 69.1 Å². The van der Waals surface area contributed by atoms with Gasteiger partial charge in [0.05, 0.1) is 6.54 Å². The Bertz CT molecular complexity index is 46.8. The van der Waals surface area contributed by atoms with Crippen LogP contribution in [0, 0.1) is 0 Å². The van der Waals surface area contributed by atoms with Crippen LogP contribution in [0.1, 0.15) is 0 Å². The zero-order valence-electron chi connectivity index (χ0n) is 3.15. The zero-order chi connectivity index (χ0) is 4.28. The van der Waals surface area contributed by atoms with Crippen LogP contribution in [-0.4, -0.2) is 12.5 Å². The Labute approximate surface area is 42.1 Å². The van der Waals surface area contributed by atoms with Gasteiger partial charge in [-0.25, -0.2) is 0 Å². The quantitative estimate of drug-likeness (QED) is 0.356. The van der Waals surface area contributed by atoms with E-state index in [0.717, 1.165) is 0 Å². The Hall–Kier alpha value is -0.280. The van der Waals surface area contributed by atoms with Gasteiger partial charge in [-0.15, -0.1) is 0 Å². The highest BCUT2D eigenvalue weighted by atomic mass is 35.5. The van der Waals surface area contributed by atoms with Crippen LogP contribution in [0.4, 0.5) is 0 Å². The molecule has 4 heteroatoms. The third-order valence-electron chi connectivity index (χ3n) is 0.201. The number of carbonyl (C=O) groups is 1. The molecule has 0 unspecified atom stereocenters. The highest BCUT2D eigenvalue weighted by molar-refractivity contribution is 5.75. The van der Waals surface area contributed by atoms with Crippen LogP contribution in [0.15, 0.2) is 0 Å². The maximum absolute atomic E-state index is 9.47. The molecule has 0 aliphatic carbocycles. The van der Waals surface area contributed by atoms with Gasteiger partial charge in [-0.3, -0.25) is 4.79 Å². The number of hydrogen-bond acceptors (Lipinski definition) is 2. The molecule has 0 rings (SSSR count). The van der Waals surface area contributed by atoms with Crippen LogP contribution in [0.2, 0.25) is 0 Å². The molecule has 0 bridgehead atoms. The first-order valence-electron chi connectivity index (χ1n) is 1.25. The molecule has 4 N–H and O–H groups in total. The average molecular weight is 110 g/mol. The Morgan fingerprint density at radius 1 is 1.67 bits per heavy atom. The number of nitrogens with two attached hydrogens (primary N) is 2. The second-order valence-corrected chi connectivity index (χ2v) is 0.670. The van der Waals surface area contributed by atoms with Crippen molar-refractivity contribution in [2.75, 3.05) is 6.54 Å². The predicted octanol–water partition coefficient (Wildman–Crippen LogP) is -4.57. The first-order chi connectivity index (χ1) is 2.27. The molecule has 0 aromatic rings. The number of halogens is 1. The van der Waals surface area contributed by atoms with Crippen molar-refractivity contribution in [3.05, 3.63) is 0 Å². The van der Waals surface area contributed by atoms with E-state index in [1.54, 1.807) is 0 Å². The minimum atomic E-state index is -0.468. The number of carbonyl (C=O) groups excluding carboxylic acids is 1. The summed E-state index contributed by atoms with van der Waals surface area (Å²) in [4.78, 5) is 9.47. The monoisotopic (exact) mass is 109 g/mol. The van der Waals surface area contributed by atoms with Gasteiger partial charge in [0.2, 0.25) is 5.91 Å². The fourth-order valence-corrected chi connectivity index (χ4v) is 0. The molecule has 6 heavy (non-hydrogen) atoms. The minimum absolute atomic E-state index is 0. The molecule has 0 aliphatic heterocycles. The van der Waals surface area contributed by atoms with Gasteiger partial charge >= 0.3 is 0 Å². The molecule has 0 spiro atoms. The molecule has 0 aromatic carbocycles. The standard InChI is InChI=1S/C2H6N2O.ClH/c3-1-2(4)5;/h1,3H2,(H2,4,5);1H/p-1. The number of hydrogen-bond donors (Lipinski definition) is 2. The molecule has 0 radical (unpaired) electrons. The maximum Gasteiger partial charge on any atom is 0.231 e. The molecule has 0 saturated carbocycles. The van der Waals surface area contributed by atoms with E-state index in [0.29, 0.717) is 0 Å². The molecule has 3 nitrogen and oxygen atoms in total. The van der Waals surface area contributed by atoms with Gasteiger partial charge in [0.25, 0.3) is 0 Å². The summed E-state index contributed by atoms with van der Waals surface area (Å²) in [5.74, 6) is -0.468. The SMILES string of the molecule is NCC(N)=O.[Cl-]. The zero-order valence-corrected chi connectivity index (χ0v) is 3.90. The minimum Gasteiger partial charge on any atom is -1.00 e. The molecule has 38 valence electrons.